The standard InChI is InChI=1S/C12H12N6S/c13-11-4-5-19-12(11)7-14-9-2-1-3-10(6-9)18-8-15-16-17-18/h1-6,8,14H,7,13H2. The largest absolute Gasteiger partial charge is 0.398 e. The second-order valence-electron chi connectivity index (χ2n) is 3.96. The first-order valence-electron chi connectivity index (χ1n) is 5.72. The van der Waals surface area contributed by atoms with E-state index in [4.69, 9.17) is 5.73 Å². The summed E-state index contributed by atoms with van der Waals surface area (Å²) in [5.74, 6) is 0. The quantitative estimate of drug-likeness (QED) is 0.758. The van der Waals surface area contributed by atoms with Gasteiger partial charge in [0.05, 0.1) is 12.2 Å². The first-order chi connectivity index (χ1) is 9.33. The molecule has 0 saturated carbocycles. The number of anilines is 2. The molecule has 1 aromatic carbocycles. The summed E-state index contributed by atoms with van der Waals surface area (Å²) in [6.45, 7) is 0.711. The first kappa shape index (κ1) is 11.7. The van der Waals surface area contributed by atoms with Gasteiger partial charge in [-0.2, -0.15) is 0 Å². The molecule has 0 aliphatic carbocycles. The van der Waals surface area contributed by atoms with Gasteiger partial charge in [-0.05, 0) is 40.1 Å². The average molecular weight is 272 g/mol. The fourth-order valence-corrected chi connectivity index (χ4v) is 2.45. The van der Waals surface area contributed by atoms with E-state index in [2.05, 4.69) is 20.8 Å². The number of nitrogen functional groups attached to an aromatic ring is 1. The molecule has 0 unspecified atom stereocenters. The van der Waals surface area contributed by atoms with Crippen LogP contribution in [0.3, 0.4) is 0 Å². The minimum Gasteiger partial charge on any atom is -0.398 e. The van der Waals surface area contributed by atoms with Gasteiger partial charge in [-0.25, -0.2) is 4.68 Å². The number of hydrogen-bond donors (Lipinski definition) is 2. The van der Waals surface area contributed by atoms with Crippen molar-refractivity contribution in [3.8, 4) is 5.69 Å². The van der Waals surface area contributed by atoms with Gasteiger partial charge in [-0.1, -0.05) is 6.07 Å². The molecule has 0 amide bonds. The van der Waals surface area contributed by atoms with Crippen molar-refractivity contribution >= 4 is 22.7 Å². The minimum absolute atomic E-state index is 0.711. The van der Waals surface area contributed by atoms with Crippen LogP contribution in [-0.2, 0) is 6.54 Å². The summed E-state index contributed by atoms with van der Waals surface area (Å²) in [6, 6.07) is 9.80. The zero-order chi connectivity index (χ0) is 13.1. The number of nitrogens with two attached hydrogens (primary N) is 1. The van der Waals surface area contributed by atoms with E-state index < -0.39 is 0 Å². The second-order valence-corrected chi connectivity index (χ2v) is 4.96. The van der Waals surface area contributed by atoms with Crippen molar-refractivity contribution in [2.24, 2.45) is 0 Å². The van der Waals surface area contributed by atoms with Crippen LogP contribution in [0.4, 0.5) is 11.4 Å². The topological polar surface area (TPSA) is 81.6 Å². The summed E-state index contributed by atoms with van der Waals surface area (Å²) in [4.78, 5) is 1.13. The molecule has 6 nitrogen and oxygen atoms in total. The van der Waals surface area contributed by atoms with Crippen molar-refractivity contribution in [2.45, 2.75) is 6.54 Å². The summed E-state index contributed by atoms with van der Waals surface area (Å²) < 4.78 is 1.62. The highest BCUT2D eigenvalue weighted by atomic mass is 32.1. The van der Waals surface area contributed by atoms with Gasteiger partial charge in [-0.3, -0.25) is 0 Å². The number of benzene rings is 1. The minimum atomic E-state index is 0.711. The van der Waals surface area contributed by atoms with E-state index >= 15 is 0 Å². The average Bonchev–Trinajstić information content (AvgIpc) is 3.08. The fourth-order valence-electron chi connectivity index (χ4n) is 1.71. The van der Waals surface area contributed by atoms with Crippen LogP contribution in [0, 0.1) is 0 Å². The third-order valence-corrected chi connectivity index (χ3v) is 3.63. The van der Waals surface area contributed by atoms with Crippen LogP contribution in [0.15, 0.2) is 42.0 Å². The summed E-state index contributed by atoms with van der Waals surface area (Å²) in [5, 5.41) is 16.4. The van der Waals surface area contributed by atoms with Gasteiger partial charge in [0.25, 0.3) is 0 Å². The number of hydrogen-bond acceptors (Lipinski definition) is 6. The molecule has 96 valence electrons. The maximum Gasteiger partial charge on any atom is 0.143 e. The Morgan fingerprint density at radius 3 is 3.00 bits per heavy atom. The molecular weight excluding hydrogens is 260 g/mol. The number of nitrogens with zero attached hydrogens (tertiary/aromatic N) is 4. The molecular formula is C12H12N6S. The van der Waals surface area contributed by atoms with Crippen molar-refractivity contribution in [2.75, 3.05) is 11.1 Å². The summed E-state index contributed by atoms with van der Waals surface area (Å²) in [7, 11) is 0. The molecule has 0 bridgehead atoms. The van der Waals surface area contributed by atoms with E-state index in [0.717, 1.165) is 21.9 Å². The highest BCUT2D eigenvalue weighted by molar-refractivity contribution is 7.10. The van der Waals surface area contributed by atoms with E-state index in [1.54, 1.807) is 22.3 Å². The molecule has 7 heteroatoms. The fraction of sp³-hybridized carbons (Fsp3) is 0.0833. The van der Waals surface area contributed by atoms with Crippen molar-refractivity contribution in [1.29, 1.82) is 0 Å². The SMILES string of the molecule is Nc1ccsc1CNc1cccc(-n2cnnn2)c1. The summed E-state index contributed by atoms with van der Waals surface area (Å²) in [5.41, 5.74) is 8.59. The third kappa shape index (κ3) is 2.55. The van der Waals surface area contributed by atoms with E-state index in [9.17, 15) is 0 Å². The Morgan fingerprint density at radius 2 is 2.26 bits per heavy atom. The molecule has 0 aliphatic rings. The van der Waals surface area contributed by atoms with Crippen LogP contribution >= 0.6 is 11.3 Å². The predicted molar refractivity (Wildman–Crippen MR) is 75.2 cm³/mol. The Balaban J connectivity index is 1.75. The Labute approximate surface area is 113 Å². The van der Waals surface area contributed by atoms with Crippen LogP contribution in [0.2, 0.25) is 0 Å². The molecule has 2 heterocycles. The van der Waals surface area contributed by atoms with Gasteiger partial charge in [-0.15, -0.1) is 16.4 Å². The Hall–Kier alpha value is -2.41. The third-order valence-electron chi connectivity index (χ3n) is 2.69. The number of tetrazole rings is 1. The van der Waals surface area contributed by atoms with Crippen LogP contribution in [0.1, 0.15) is 4.88 Å². The molecule has 3 rings (SSSR count). The summed E-state index contributed by atoms with van der Waals surface area (Å²) >= 11 is 1.65. The Morgan fingerprint density at radius 1 is 1.32 bits per heavy atom. The van der Waals surface area contributed by atoms with Gasteiger partial charge in [0, 0.05) is 16.3 Å². The Bertz CT molecular complexity index is 660. The molecule has 0 atom stereocenters. The normalized spacial score (nSPS) is 10.5. The van der Waals surface area contributed by atoms with Gasteiger partial charge in [0.1, 0.15) is 6.33 Å². The van der Waals surface area contributed by atoms with Crippen LogP contribution in [0.25, 0.3) is 5.69 Å². The first-order valence-corrected chi connectivity index (χ1v) is 6.60. The zero-order valence-corrected chi connectivity index (χ0v) is 10.8. The lowest BCUT2D eigenvalue weighted by Gasteiger charge is -2.07. The smallest absolute Gasteiger partial charge is 0.143 e. The highest BCUT2D eigenvalue weighted by Gasteiger charge is 2.02. The molecule has 2 aromatic heterocycles. The zero-order valence-electron chi connectivity index (χ0n) is 10.0. The van der Waals surface area contributed by atoms with Gasteiger partial charge in [0.2, 0.25) is 0 Å². The molecule has 0 saturated heterocycles. The molecule has 19 heavy (non-hydrogen) atoms. The molecule has 3 aromatic rings. The predicted octanol–water partition coefficient (Wildman–Crippen LogP) is 1.92. The molecule has 3 N–H and O–H groups in total. The number of aromatic nitrogens is 4. The van der Waals surface area contributed by atoms with Crippen molar-refractivity contribution in [3.05, 3.63) is 46.9 Å². The number of thiophene rings is 1. The van der Waals surface area contributed by atoms with Gasteiger partial charge in [0.15, 0.2) is 0 Å². The lowest BCUT2D eigenvalue weighted by Crippen LogP contribution is -2.01. The highest BCUT2D eigenvalue weighted by Crippen LogP contribution is 2.21. The van der Waals surface area contributed by atoms with E-state index in [1.807, 2.05) is 35.7 Å². The van der Waals surface area contributed by atoms with Crippen molar-refractivity contribution in [1.82, 2.24) is 20.2 Å². The summed E-state index contributed by atoms with van der Waals surface area (Å²) in [6.07, 6.45) is 1.57. The van der Waals surface area contributed by atoms with Crippen LogP contribution in [-0.4, -0.2) is 20.2 Å². The lowest BCUT2D eigenvalue weighted by molar-refractivity contribution is 0.789. The van der Waals surface area contributed by atoms with Crippen LogP contribution in [0.5, 0.6) is 0 Å². The van der Waals surface area contributed by atoms with Crippen molar-refractivity contribution < 1.29 is 0 Å². The molecule has 0 aliphatic heterocycles. The second kappa shape index (κ2) is 5.07. The number of nitrogens with one attached hydrogen (secondary N) is 1. The maximum atomic E-state index is 5.85. The van der Waals surface area contributed by atoms with Gasteiger partial charge < -0.3 is 11.1 Å². The molecule has 0 radical (unpaired) electrons. The molecule has 0 fully saturated rings. The lowest BCUT2D eigenvalue weighted by atomic mass is 10.2. The van der Waals surface area contributed by atoms with Crippen LogP contribution < -0.4 is 11.1 Å². The van der Waals surface area contributed by atoms with E-state index in [0.29, 0.717) is 6.54 Å². The van der Waals surface area contributed by atoms with Crippen molar-refractivity contribution in [3.63, 3.8) is 0 Å². The number of rotatable bonds is 4. The van der Waals surface area contributed by atoms with E-state index in [-0.39, 0.29) is 0 Å². The van der Waals surface area contributed by atoms with E-state index in [1.165, 1.54) is 0 Å². The maximum absolute atomic E-state index is 5.85. The molecule has 0 spiro atoms. The monoisotopic (exact) mass is 272 g/mol. The van der Waals surface area contributed by atoms with Gasteiger partial charge >= 0.3 is 0 Å². The Kier molecular flexibility index (Phi) is 3.11.